The molecule has 1 amide bonds. The van der Waals surface area contributed by atoms with Crippen LogP contribution in [0, 0.1) is 19.8 Å². The smallest absolute Gasteiger partial charge is 0.254 e. The molecule has 0 bridgehead atoms. The van der Waals surface area contributed by atoms with E-state index in [4.69, 9.17) is 5.73 Å². The first-order chi connectivity index (χ1) is 8.56. The van der Waals surface area contributed by atoms with Crippen molar-refractivity contribution in [3.8, 4) is 0 Å². The summed E-state index contributed by atoms with van der Waals surface area (Å²) in [5.41, 5.74) is 8.77. The minimum Gasteiger partial charge on any atom is -0.334 e. The van der Waals surface area contributed by atoms with Gasteiger partial charge in [-0.1, -0.05) is 25.1 Å². The first-order valence-electron chi connectivity index (χ1n) is 6.63. The van der Waals surface area contributed by atoms with E-state index in [1.54, 1.807) is 0 Å². The lowest BCUT2D eigenvalue weighted by molar-refractivity contribution is 0.0726. The van der Waals surface area contributed by atoms with Crippen molar-refractivity contribution in [1.29, 1.82) is 0 Å². The van der Waals surface area contributed by atoms with Gasteiger partial charge in [0.15, 0.2) is 0 Å². The summed E-state index contributed by atoms with van der Waals surface area (Å²) < 4.78 is 0. The van der Waals surface area contributed by atoms with Crippen molar-refractivity contribution in [2.45, 2.75) is 33.2 Å². The second kappa shape index (κ2) is 5.11. The molecule has 0 radical (unpaired) electrons. The molecule has 98 valence electrons. The average Bonchev–Trinajstić information content (AvgIpc) is 2.69. The number of hydrogen-bond donors (Lipinski definition) is 1. The molecule has 2 rings (SSSR count). The van der Waals surface area contributed by atoms with Crippen molar-refractivity contribution in [3.05, 3.63) is 34.9 Å². The van der Waals surface area contributed by atoms with E-state index in [2.05, 4.69) is 6.92 Å². The van der Waals surface area contributed by atoms with E-state index in [0.717, 1.165) is 29.7 Å². The number of amides is 1. The Bertz CT molecular complexity index is 436. The lowest BCUT2D eigenvalue weighted by Gasteiger charge is -2.27. The second-order valence-electron chi connectivity index (χ2n) is 5.33. The van der Waals surface area contributed by atoms with Gasteiger partial charge in [0.25, 0.3) is 5.91 Å². The highest BCUT2D eigenvalue weighted by Crippen LogP contribution is 2.26. The monoisotopic (exact) mass is 246 g/mol. The van der Waals surface area contributed by atoms with E-state index in [1.807, 2.05) is 36.9 Å². The predicted molar refractivity (Wildman–Crippen MR) is 73.6 cm³/mol. The van der Waals surface area contributed by atoms with Crippen LogP contribution in [0.2, 0.25) is 0 Å². The summed E-state index contributed by atoms with van der Waals surface area (Å²) in [5, 5.41) is 0. The fourth-order valence-corrected chi connectivity index (χ4v) is 2.92. The van der Waals surface area contributed by atoms with Gasteiger partial charge in [0.05, 0.1) is 0 Å². The van der Waals surface area contributed by atoms with Crippen LogP contribution in [0.4, 0.5) is 0 Å². The largest absolute Gasteiger partial charge is 0.334 e. The maximum atomic E-state index is 12.7. The lowest BCUT2D eigenvalue weighted by atomic mass is 10.00. The van der Waals surface area contributed by atoms with Gasteiger partial charge in [0.2, 0.25) is 0 Å². The summed E-state index contributed by atoms with van der Waals surface area (Å²) in [5.74, 6) is 0.647. The Morgan fingerprint density at radius 3 is 2.56 bits per heavy atom. The highest BCUT2D eigenvalue weighted by atomic mass is 16.2. The third kappa shape index (κ3) is 2.15. The normalized spacial score (nSPS) is 23.4. The minimum atomic E-state index is 0.144. The number of carbonyl (C=O) groups is 1. The van der Waals surface area contributed by atoms with Gasteiger partial charge in [0.1, 0.15) is 0 Å². The van der Waals surface area contributed by atoms with Gasteiger partial charge in [-0.3, -0.25) is 4.79 Å². The standard InChI is InChI=1S/C15H22N2O/c1-10-7-8-17(13(10)9-16)15(18)14-11(2)5-4-6-12(14)3/h4-6,10,13H,7-9,16H2,1-3H3. The zero-order valence-electron chi connectivity index (χ0n) is 11.4. The van der Waals surface area contributed by atoms with Crippen LogP contribution in [0.25, 0.3) is 0 Å². The van der Waals surface area contributed by atoms with Gasteiger partial charge in [0, 0.05) is 24.7 Å². The summed E-state index contributed by atoms with van der Waals surface area (Å²) >= 11 is 0. The first-order valence-corrected chi connectivity index (χ1v) is 6.63. The van der Waals surface area contributed by atoms with E-state index >= 15 is 0 Å². The number of carbonyl (C=O) groups excluding carboxylic acids is 1. The third-order valence-corrected chi connectivity index (χ3v) is 4.08. The van der Waals surface area contributed by atoms with Crippen molar-refractivity contribution in [2.75, 3.05) is 13.1 Å². The Labute approximate surface area is 109 Å². The molecule has 1 aliphatic rings. The molecule has 1 aromatic carbocycles. The summed E-state index contributed by atoms with van der Waals surface area (Å²) in [6.45, 7) is 7.55. The molecular weight excluding hydrogens is 224 g/mol. The fourth-order valence-electron chi connectivity index (χ4n) is 2.92. The molecule has 1 aromatic rings. The van der Waals surface area contributed by atoms with Gasteiger partial charge in [-0.05, 0) is 37.3 Å². The van der Waals surface area contributed by atoms with Gasteiger partial charge < -0.3 is 10.6 Å². The number of rotatable bonds is 2. The van der Waals surface area contributed by atoms with E-state index in [9.17, 15) is 4.79 Å². The van der Waals surface area contributed by atoms with Crippen molar-refractivity contribution in [2.24, 2.45) is 11.7 Å². The molecule has 1 aliphatic heterocycles. The molecule has 3 nitrogen and oxygen atoms in total. The van der Waals surface area contributed by atoms with Crippen LogP contribution in [0.1, 0.15) is 34.8 Å². The van der Waals surface area contributed by atoms with E-state index in [0.29, 0.717) is 12.5 Å². The van der Waals surface area contributed by atoms with Crippen LogP contribution in [0.3, 0.4) is 0 Å². The van der Waals surface area contributed by atoms with Crippen molar-refractivity contribution < 1.29 is 4.79 Å². The third-order valence-electron chi connectivity index (χ3n) is 4.08. The lowest BCUT2D eigenvalue weighted by Crippen LogP contribution is -2.42. The van der Waals surface area contributed by atoms with Gasteiger partial charge in [-0.15, -0.1) is 0 Å². The Morgan fingerprint density at radius 2 is 2.00 bits per heavy atom. The fraction of sp³-hybridized carbons (Fsp3) is 0.533. The minimum absolute atomic E-state index is 0.144. The molecule has 0 saturated carbocycles. The molecule has 18 heavy (non-hydrogen) atoms. The number of nitrogens with two attached hydrogens (primary N) is 1. The number of nitrogens with zero attached hydrogens (tertiary/aromatic N) is 1. The maximum Gasteiger partial charge on any atom is 0.254 e. The van der Waals surface area contributed by atoms with E-state index < -0.39 is 0 Å². The van der Waals surface area contributed by atoms with Crippen molar-refractivity contribution in [1.82, 2.24) is 4.90 Å². The molecule has 1 heterocycles. The van der Waals surface area contributed by atoms with Crippen molar-refractivity contribution in [3.63, 3.8) is 0 Å². The number of aryl methyl sites for hydroxylation is 2. The van der Waals surface area contributed by atoms with Gasteiger partial charge in [-0.2, -0.15) is 0 Å². The number of hydrogen-bond acceptors (Lipinski definition) is 2. The van der Waals surface area contributed by atoms with E-state index in [1.165, 1.54) is 0 Å². The summed E-state index contributed by atoms with van der Waals surface area (Å²) in [6, 6.07) is 6.18. The molecular formula is C15H22N2O. The summed E-state index contributed by atoms with van der Waals surface area (Å²) in [6.07, 6.45) is 1.05. The molecule has 0 spiro atoms. The molecule has 0 aliphatic carbocycles. The molecule has 2 unspecified atom stereocenters. The second-order valence-corrected chi connectivity index (χ2v) is 5.33. The zero-order valence-corrected chi connectivity index (χ0v) is 11.4. The molecule has 0 aromatic heterocycles. The van der Waals surface area contributed by atoms with Crippen LogP contribution in [0.15, 0.2) is 18.2 Å². The number of likely N-dealkylation sites (tertiary alicyclic amines) is 1. The molecule has 1 saturated heterocycles. The Hall–Kier alpha value is -1.35. The Morgan fingerprint density at radius 1 is 1.39 bits per heavy atom. The highest BCUT2D eigenvalue weighted by molar-refractivity contribution is 5.97. The van der Waals surface area contributed by atoms with Crippen LogP contribution in [-0.4, -0.2) is 29.9 Å². The highest BCUT2D eigenvalue weighted by Gasteiger charge is 2.34. The van der Waals surface area contributed by atoms with Crippen LogP contribution in [-0.2, 0) is 0 Å². The van der Waals surface area contributed by atoms with Crippen LogP contribution >= 0.6 is 0 Å². The summed E-state index contributed by atoms with van der Waals surface area (Å²) in [7, 11) is 0. The molecule has 2 N–H and O–H groups in total. The van der Waals surface area contributed by atoms with Gasteiger partial charge in [-0.25, -0.2) is 0 Å². The van der Waals surface area contributed by atoms with Crippen LogP contribution < -0.4 is 5.73 Å². The maximum absolute atomic E-state index is 12.7. The zero-order chi connectivity index (χ0) is 13.3. The van der Waals surface area contributed by atoms with E-state index in [-0.39, 0.29) is 11.9 Å². The van der Waals surface area contributed by atoms with Crippen LogP contribution in [0.5, 0.6) is 0 Å². The Balaban J connectivity index is 2.32. The summed E-state index contributed by atoms with van der Waals surface area (Å²) in [4.78, 5) is 14.6. The number of benzene rings is 1. The topological polar surface area (TPSA) is 46.3 Å². The molecule has 1 fully saturated rings. The molecule has 2 atom stereocenters. The molecule has 3 heteroatoms. The SMILES string of the molecule is Cc1cccc(C)c1C(=O)N1CCC(C)C1CN. The van der Waals surface area contributed by atoms with Crippen molar-refractivity contribution >= 4 is 5.91 Å². The average molecular weight is 246 g/mol. The van der Waals surface area contributed by atoms with Gasteiger partial charge >= 0.3 is 0 Å². The first kappa shape index (κ1) is 13.1. The Kier molecular flexibility index (Phi) is 3.71. The quantitative estimate of drug-likeness (QED) is 0.868. The predicted octanol–water partition coefficient (Wildman–Crippen LogP) is 2.11.